The van der Waals surface area contributed by atoms with E-state index in [2.05, 4.69) is 4.98 Å². The quantitative estimate of drug-likeness (QED) is 0.863. The van der Waals surface area contributed by atoms with Crippen LogP contribution in [0, 0.1) is 12.3 Å². The van der Waals surface area contributed by atoms with Crippen molar-refractivity contribution in [3.8, 4) is 0 Å². The van der Waals surface area contributed by atoms with E-state index in [-0.39, 0.29) is 11.1 Å². The molecule has 96 valence electrons. The van der Waals surface area contributed by atoms with Crippen molar-refractivity contribution in [2.45, 2.75) is 6.92 Å². The van der Waals surface area contributed by atoms with Crippen molar-refractivity contribution in [1.29, 1.82) is 5.41 Å². The molecule has 1 aliphatic rings. The number of nitrogens with zero attached hydrogens (tertiary/aromatic N) is 2. The third-order valence-corrected chi connectivity index (χ3v) is 5.21. The minimum Gasteiger partial charge on any atom is -0.278 e. The van der Waals surface area contributed by atoms with E-state index in [9.17, 15) is 4.79 Å². The summed E-state index contributed by atoms with van der Waals surface area (Å²) in [6, 6.07) is 2.02. The third-order valence-electron chi connectivity index (χ3n) is 2.60. The van der Waals surface area contributed by atoms with Crippen LogP contribution in [0.3, 0.4) is 0 Å². The molecule has 1 saturated heterocycles. The first-order valence-corrected chi connectivity index (χ1v) is 8.00. The molecular weight excluding hydrogens is 298 g/mol. The fourth-order valence-electron chi connectivity index (χ4n) is 1.64. The number of nitrogens with one attached hydrogen (secondary N) is 1. The molecule has 2 aromatic rings. The highest BCUT2D eigenvalue weighted by molar-refractivity contribution is 8.19. The second-order valence-corrected chi connectivity index (χ2v) is 6.69. The lowest BCUT2D eigenvalue weighted by Gasteiger charge is -2.08. The predicted molar refractivity (Wildman–Crippen MR) is 82.0 cm³/mol. The highest BCUT2D eigenvalue weighted by Gasteiger charge is 2.35. The lowest BCUT2D eigenvalue weighted by Crippen LogP contribution is -2.27. The zero-order valence-corrected chi connectivity index (χ0v) is 12.4. The van der Waals surface area contributed by atoms with E-state index in [0.29, 0.717) is 10.0 Å². The molecule has 7 heteroatoms. The monoisotopic (exact) mass is 307 g/mol. The number of carbonyl (C=O) groups excluding carboxylic acids is 1. The van der Waals surface area contributed by atoms with Crippen LogP contribution in [0.5, 0.6) is 0 Å². The summed E-state index contributed by atoms with van der Waals surface area (Å²) in [5, 5.41) is 12.5. The summed E-state index contributed by atoms with van der Waals surface area (Å²) >= 11 is 4.13. The largest absolute Gasteiger partial charge is 0.278 e. The van der Waals surface area contributed by atoms with Crippen molar-refractivity contribution < 1.29 is 4.79 Å². The average Bonchev–Trinajstić information content (AvgIpc) is 3.05. The highest BCUT2D eigenvalue weighted by atomic mass is 32.2. The average molecular weight is 307 g/mol. The number of thioether (sulfide) groups is 1. The number of carbonyl (C=O) groups is 1. The number of hydrogen-bond donors (Lipinski definition) is 1. The lowest BCUT2D eigenvalue weighted by atomic mass is 10.3. The molecule has 3 rings (SSSR count). The Morgan fingerprint density at radius 1 is 1.37 bits per heavy atom. The van der Waals surface area contributed by atoms with Crippen molar-refractivity contribution >= 4 is 56.7 Å². The maximum Gasteiger partial charge on any atom is 0.273 e. The van der Waals surface area contributed by atoms with E-state index in [4.69, 9.17) is 5.41 Å². The van der Waals surface area contributed by atoms with Gasteiger partial charge >= 0.3 is 0 Å². The first-order chi connectivity index (χ1) is 9.16. The minimum atomic E-state index is -0.169. The summed E-state index contributed by atoms with van der Waals surface area (Å²) in [6.45, 7) is 2.01. The Morgan fingerprint density at radius 2 is 2.21 bits per heavy atom. The summed E-state index contributed by atoms with van der Waals surface area (Å²) in [5.41, 5.74) is 1.14. The number of thiophene rings is 1. The number of anilines is 1. The zero-order valence-electron chi connectivity index (χ0n) is 9.91. The molecular formula is C12H9N3OS3. The molecule has 0 radical (unpaired) electrons. The van der Waals surface area contributed by atoms with Crippen LogP contribution in [0.1, 0.15) is 10.4 Å². The van der Waals surface area contributed by atoms with E-state index in [1.165, 1.54) is 28.0 Å². The van der Waals surface area contributed by atoms with Gasteiger partial charge in [0.05, 0.1) is 4.91 Å². The molecule has 1 N–H and O–H groups in total. The van der Waals surface area contributed by atoms with Gasteiger partial charge in [0.1, 0.15) is 0 Å². The van der Waals surface area contributed by atoms with Crippen LogP contribution in [0.4, 0.5) is 5.13 Å². The molecule has 19 heavy (non-hydrogen) atoms. The number of aryl methyl sites for hydroxylation is 1. The molecule has 0 bridgehead atoms. The van der Waals surface area contributed by atoms with Crippen LogP contribution >= 0.6 is 34.4 Å². The number of rotatable bonds is 2. The summed E-state index contributed by atoms with van der Waals surface area (Å²) in [5.74, 6) is -0.169. The normalized spacial score (nSPS) is 17.7. The molecule has 0 aliphatic carbocycles. The first-order valence-electron chi connectivity index (χ1n) is 5.43. The van der Waals surface area contributed by atoms with Gasteiger partial charge in [0.15, 0.2) is 10.3 Å². The van der Waals surface area contributed by atoms with E-state index >= 15 is 0 Å². The highest BCUT2D eigenvalue weighted by Crippen LogP contribution is 2.36. The van der Waals surface area contributed by atoms with Crippen LogP contribution in [0.2, 0.25) is 0 Å². The van der Waals surface area contributed by atoms with Gasteiger partial charge in [-0.1, -0.05) is 0 Å². The number of hydrogen-bond acceptors (Lipinski definition) is 6. The van der Waals surface area contributed by atoms with Crippen molar-refractivity contribution in [1.82, 2.24) is 4.98 Å². The maximum atomic E-state index is 12.3. The standard InChI is InChI=1S/C12H9N3OS3/c1-7-2-4-17-8(7)6-9-10(16)15(11(13)19-9)12-14-3-5-18-12/h2-6,13H,1H3. The van der Waals surface area contributed by atoms with Gasteiger partial charge in [0, 0.05) is 16.5 Å². The van der Waals surface area contributed by atoms with Gasteiger partial charge in [0.2, 0.25) is 0 Å². The first kappa shape index (κ1) is 12.6. The lowest BCUT2D eigenvalue weighted by molar-refractivity contribution is -0.113. The molecule has 2 aromatic heterocycles. The van der Waals surface area contributed by atoms with Gasteiger partial charge < -0.3 is 0 Å². The van der Waals surface area contributed by atoms with Gasteiger partial charge in [-0.2, -0.15) is 0 Å². The molecule has 0 saturated carbocycles. The van der Waals surface area contributed by atoms with Gasteiger partial charge in [-0.15, -0.1) is 22.7 Å². The Labute approximate surface area is 122 Å². The topological polar surface area (TPSA) is 57.1 Å². The van der Waals surface area contributed by atoms with E-state index in [1.807, 2.05) is 24.4 Å². The van der Waals surface area contributed by atoms with Gasteiger partial charge in [-0.25, -0.2) is 9.88 Å². The number of thiazole rings is 1. The third kappa shape index (κ3) is 2.24. The molecule has 3 heterocycles. The van der Waals surface area contributed by atoms with Gasteiger partial charge in [-0.05, 0) is 41.8 Å². The van der Waals surface area contributed by atoms with Crippen LogP contribution in [0.15, 0.2) is 27.9 Å². The van der Waals surface area contributed by atoms with E-state index in [1.54, 1.807) is 22.9 Å². The van der Waals surface area contributed by atoms with Crippen LogP contribution in [-0.2, 0) is 4.79 Å². The second-order valence-electron chi connectivity index (χ2n) is 3.84. The molecule has 0 aromatic carbocycles. The minimum absolute atomic E-state index is 0.169. The SMILES string of the molecule is Cc1ccsc1C=C1SC(=N)N(c2nccs2)C1=O. The molecule has 1 fully saturated rings. The summed E-state index contributed by atoms with van der Waals surface area (Å²) < 4.78 is 0. The Kier molecular flexibility index (Phi) is 3.26. The predicted octanol–water partition coefficient (Wildman–Crippen LogP) is 3.57. The van der Waals surface area contributed by atoms with Crippen molar-refractivity contribution in [3.63, 3.8) is 0 Å². The molecule has 1 amide bonds. The van der Waals surface area contributed by atoms with E-state index < -0.39 is 0 Å². The Hall–Kier alpha value is -1.44. The van der Waals surface area contributed by atoms with E-state index in [0.717, 1.165) is 10.4 Å². The van der Waals surface area contributed by atoms with Gasteiger partial charge in [0.25, 0.3) is 5.91 Å². The Bertz CT molecular complexity index is 672. The van der Waals surface area contributed by atoms with Crippen LogP contribution in [-0.4, -0.2) is 16.1 Å². The molecule has 0 spiro atoms. The molecule has 1 aliphatic heterocycles. The van der Waals surface area contributed by atoms with Crippen molar-refractivity contribution in [2.75, 3.05) is 4.90 Å². The smallest absolute Gasteiger partial charge is 0.273 e. The van der Waals surface area contributed by atoms with Crippen LogP contribution in [0.25, 0.3) is 6.08 Å². The number of amidine groups is 1. The summed E-state index contributed by atoms with van der Waals surface area (Å²) in [6.07, 6.45) is 3.49. The van der Waals surface area contributed by atoms with Crippen LogP contribution < -0.4 is 4.90 Å². The zero-order chi connectivity index (χ0) is 13.4. The number of aromatic nitrogens is 1. The summed E-state index contributed by atoms with van der Waals surface area (Å²) in [7, 11) is 0. The van der Waals surface area contributed by atoms with Crippen molar-refractivity contribution in [3.05, 3.63) is 38.4 Å². The molecule has 0 unspecified atom stereocenters. The summed E-state index contributed by atoms with van der Waals surface area (Å²) in [4.78, 5) is 19.4. The van der Waals surface area contributed by atoms with Crippen molar-refractivity contribution in [2.24, 2.45) is 0 Å². The second kappa shape index (κ2) is 4.92. The fourth-order valence-corrected chi connectivity index (χ4v) is 4.10. The fraction of sp³-hybridized carbons (Fsp3) is 0.0833. The molecule has 0 atom stereocenters. The maximum absolute atomic E-state index is 12.3. The Morgan fingerprint density at radius 3 is 2.84 bits per heavy atom. The number of amides is 1. The Balaban J connectivity index is 1.95. The molecule has 4 nitrogen and oxygen atoms in total. The van der Waals surface area contributed by atoms with Gasteiger partial charge in [-0.3, -0.25) is 10.2 Å².